The van der Waals surface area contributed by atoms with E-state index in [1.807, 2.05) is 26.0 Å². The van der Waals surface area contributed by atoms with Gasteiger partial charge in [0.25, 0.3) is 0 Å². The van der Waals surface area contributed by atoms with Gasteiger partial charge < -0.3 is 14.2 Å². The first-order chi connectivity index (χ1) is 13.1. The number of nitrogens with one attached hydrogen (secondary N) is 1. The molecule has 0 unspecified atom stereocenters. The van der Waals surface area contributed by atoms with E-state index < -0.39 is 16.1 Å². The van der Waals surface area contributed by atoms with Crippen LogP contribution in [0.15, 0.2) is 35.2 Å². The Kier molecular flexibility index (Phi) is 6.96. The smallest absolute Gasteiger partial charge is 0.244 e. The molecule has 2 aromatic carbocycles. The van der Waals surface area contributed by atoms with Gasteiger partial charge in [0.15, 0.2) is 0 Å². The standard InChI is InChI=1S/C21H29NO5S/c1-13(2)17-12-18(14(3)10-20(17)27-7)15(4)22-28(23,24)21-11-16(25-5)8-9-19(21)26-6/h8-13,15,22H,1-7H3/t15-/m0/s1. The molecule has 2 rings (SSSR count). The zero-order valence-electron chi connectivity index (χ0n) is 17.5. The highest BCUT2D eigenvalue weighted by molar-refractivity contribution is 7.89. The predicted octanol–water partition coefficient (Wildman–Crippen LogP) is 4.18. The summed E-state index contributed by atoms with van der Waals surface area (Å²) in [5.41, 5.74) is 2.89. The molecule has 0 radical (unpaired) electrons. The van der Waals surface area contributed by atoms with Crippen LogP contribution in [0.2, 0.25) is 0 Å². The van der Waals surface area contributed by atoms with Gasteiger partial charge in [0.1, 0.15) is 22.1 Å². The van der Waals surface area contributed by atoms with E-state index in [0.29, 0.717) is 5.75 Å². The maximum atomic E-state index is 13.0. The van der Waals surface area contributed by atoms with Gasteiger partial charge in [-0.25, -0.2) is 13.1 Å². The molecule has 0 saturated heterocycles. The fourth-order valence-electron chi connectivity index (χ4n) is 3.16. The molecular formula is C21H29NO5S. The Morgan fingerprint density at radius 1 is 0.857 bits per heavy atom. The van der Waals surface area contributed by atoms with Crippen LogP contribution in [-0.4, -0.2) is 29.7 Å². The maximum absolute atomic E-state index is 13.0. The second-order valence-electron chi connectivity index (χ2n) is 6.97. The molecule has 0 heterocycles. The van der Waals surface area contributed by atoms with E-state index in [0.717, 1.165) is 22.4 Å². The van der Waals surface area contributed by atoms with Crippen molar-refractivity contribution < 1.29 is 22.6 Å². The number of aryl methyl sites for hydroxylation is 1. The lowest BCUT2D eigenvalue weighted by atomic mass is 9.94. The Balaban J connectivity index is 2.44. The van der Waals surface area contributed by atoms with Crippen molar-refractivity contribution in [2.45, 2.75) is 44.6 Å². The Morgan fingerprint density at radius 2 is 1.50 bits per heavy atom. The summed E-state index contributed by atoms with van der Waals surface area (Å²) in [5.74, 6) is 1.75. The summed E-state index contributed by atoms with van der Waals surface area (Å²) in [6.07, 6.45) is 0. The number of ether oxygens (including phenoxy) is 3. The third kappa shape index (κ3) is 4.59. The lowest BCUT2D eigenvalue weighted by molar-refractivity contribution is 0.391. The zero-order valence-corrected chi connectivity index (χ0v) is 18.3. The van der Waals surface area contributed by atoms with Crippen LogP contribution in [0.3, 0.4) is 0 Å². The molecule has 0 fully saturated rings. The fourth-order valence-corrected chi connectivity index (χ4v) is 4.57. The van der Waals surface area contributed by atoms with Crippen LogP contribution >= 0.6 is 0 Å². The van der Waals surface area contributed by atoms with Gasteiger partial charge in [-0.15, -0.1) is 0 Å². The second-order valence-corrected chi connectivity index (χ2v) is 8.65. The quantitative estimate of drug-likeness (QED) is 0.710. The molecule has 0 aliphatic carbocycles. The van der Waals surface area contributed by atoms with Crippen molar-refractivity contribution in [3.63, 3.8) is 0 Å². The summed E-state index contributed by atoms with van der Waals surface area (Å²) in [7, 11) is 0.731. The van der Waals surface area contributed by atoms with Crippen molar-refractivity contribution >= 4 is 10.0 Å². The molecule has 0 aliphatic heterocycles. The summed E-state index contributed by atoms with van der Waals surface area (Å²) < 4.78 is 44.7. The molecular weight excluding hydrogens is 378 g/mol. The van der Waals surface area contributed by atoms with E-state index in [1.165, 1.54) is 20.3 Å². The predicted molar refractivity (Wildman–Crippen MR) is 110 cm³/mol. The van der Waals surface area contributed by atoms with Crippen LogP contribution < -0.4 is 18.9 Å². The van der Waals surface area contributed by atoms with Crippen molar-refractivity contribution in [2.75, 3.05) is 21.3 Å². The number of benzene rings is 2. The van der Waals surface area contributed by atoms with Gasteiger partial charge in [0, 0.05) is 12.1 Å². The summed E-state index contributed by atoms with van der Waals surface area (Å²) in [6, 6.07) is 8.20. The van der Waals surface area contributed by atoms with Gasteiger partial charge in [-0.1, -0.05) is 13.8 Å². The molecule has 0 spiro atoms. The summed E-state index contributed by atoms with van der Waals surface area (Å²) in [5, 5.41) is 0. The number of sulfonamides is 1. The third-order valence-corrected chi connectivity index (χ3v) is 6.26. The SMILES string of the molecule is COc1ccc(OC)c(S(=O)(=O)N[C@@H](C)c2cc(C(C)C)c(OC)cc2C)c1. The first-order valence-electron chi connectivity index (χ1n) is 9.07. The molecule has 2 aromatic rings. The van der Waals surface area contributed by atoms with Crippen molar-refractivity contribution in [2.24, 2.45) is 0 Å². The third-order valence-electron chi connectivity index (χ3n) is 4.70. The normalized spacial score (nSPS) is 12.7. The highest BCUT2D eigenvalue weighted by Gasteiger charge is 2.25. The van der Waals surface area contributed by atoms with Crippen LogP contribution in [0.5, 0.6) is 17.2 Å². The van der Waals surface area contributed by atoms with Gasteiger partial charge in [0.2, 0.25) is 10.0 Å². The van der Waals surface area contributed by atoms with E-state index in [1.54, 1.807) is 19.2 Å². The lowest BCUT2D eigenvalue weighted by Crippen LogP contribution is -2.28. The minimum atomic E-state index is -3.83. The molecule has 6 nitrogen and oxygen atoms in total. The molecule has 1 atom stereocenters. The average Bonchev–Trinajstić information content (AvgIpc) is 2.66. The Labute approximate surface area is 167 Å². The molecule has 0 aromatic heterocycles. The van der Waals surface area contributed by atoms with Crippen molar-refractivity contribution in [1.29, 1.82) is 0 Å². The lowest BCUT2D eigenvalue weighted by Gasteiger charge is -2.21. The van der Waals surface area contributed by atoms with Gasteiger partial charge in [0.05, 0.1) is 21.3 Å². The minimum Gasteiger partial charge on any atom is -0.497 e. The average molecular weight is 408 g/mol. The molecule has 7 heteroatoms. The monoisotopic (exact) mass is 407 g/mol. The van der Waals surface area contributed by atoms with Crippen LogP contribution in [0.1, 0.15) is 49.4 Å². The number of hydrogen-bond acceptors (Lipinski definition) is 5. The van der Waals surface area contributed by atoms with Crippen molar-refractivity contribution in [3.8, 4) is 17.2 Å². The van der Waals surface area contributed by atoms with Crippen LogP contribution in [0.4, 0.5) is 0 Å². The zero-order chi connectivity index (χ0) is 21.1. The first-order valence-corrected chi connectivity index (χ1v) is 10.6. The van der Waals surface area contributed by atoms with E-state index >= 15 is 0 Å². The maximum Gasteiger partial charge on any atom is 0.244 e. The molecule has 0 saturated carbocycles. The van der Waals surface area contributed by atoms with Crippen LogP contribution in [0.25, 0.3) is 0 Å². The Morgan fingerprint density at radius 3 is 2.04 bits per heavy atom. The van der Waals surface area contributed by atoms with Crippen molar-refractivity contribution in [1.82, 2.24) is 4.72 Å². The molecule has 0 aliphatic rings. The van der Waals surface area contributed by atoms with E-state index in [9.17, 15) is 8.42 Å². The molecule has 154 valence electrons. The van der Waals surface area contributed by atoms with Gasteiger partial charge >= 0.3 is 0 Å². The molecule has 1 N–H and O–H groups in total. The second kappa shape index (κ2) is 8.84. The molecule has 0 bridgehead atoms. The number of methoxy groups -OCH3 is 3. The van der Waals surface area contributed by atoms with E-state index in [4.69, 9.17) is 14.2 Å². The van der Waals surface area contributed by atoms with E-state index in [2.05, 4.69) is 18.6 Å². The van der Waals surface area contributed by atoms with Gasteiger partial charge in [-0.2, -0.15) is 0 Å². The highest BCUT2D eigenvalue weighted by atomic mass is 32.2. The Bertz CT molecular complexity index is 938. The largest absolute Gasteiger partial charge is 0.497 e. The summed E-state index contributed by atoms with van der Waals surface area (Å²) in [6.45, 7) is 7.92. The Hall–Kier alpha value is -2.25. The topological polar surface area (TPSA) is 73.9 Å². The summed E-state index contributed by atoms with van der Waals surface area (Å²) >= 11 is 0. The fraction of sp³-hybridized carbons (Fsp3) is 0.429. The van der Waals surface area contributed by atoms with Crippen LogP contribution in [-0.2, 0) is 10.0 Å². The number of rotatable bonds is 8. The van der Waals surface area contributed by atoms with Gasteiger partial charge in [-0.3, -0.25) is 0 Å². The van der Waals surface area contributed by atoms with Crippen LogP contribution in [0, 0.1) is 6.92 Å². The molecule has 28 heavy (non-hydrogen) atoms. The number of hydrogen-bond donors (Lipinski definition) is 1. The van der Waals surface area contributed by atoms with E-state index in [-0.39, 0.29) is 16.6 Å². The first kappa shape index (κ1) is 22.0. The summed E-state index contributed by atoms with van der Waals surface area (Å²) in [4.78, 5) is 0.0384. The van der Waals surface area contributed by atoms with Gasteiger partial charge in [-0.05, 0) is 60.7 Å². The highest BCUT2D eigenvalue weighted by Crippen LogP contribution is 2.34. The van der Waals surface area contributed by atoms with Crippen molar-refractivity contribution in [3.05, 3.63) is 47.0 Å². The minimum absolute atomic E-state index is 0.0384. The molecule has 0 amide bonds.